The van der Waals surface area contributed by atoms with Gasteiger partial charge in [0.15, 0.2) is 23.2 Å². The van der Waals surface area contributed by atoms with Gasteiger partial charge < -0.3 is 24.8 Å². The summed E-state index contributed by atoms with van der Waals surface area (Å²) in [6, 6.07) is 0. The van der Waals surface area contributed by atoms with Crippen molar-refractivity contribution in [1.82, 2.24) is 19.5 Å². The fourth-order valence-electron chi connectivity index (χ4n) is 2.38. The minimum atomic E-state index is -0.732. The van der Waals surface area contributed by atoms with Gasteiger partial charge in [-0.3, -0.25) is 4.57 Å². The van der Waals surface area contributed by atoms with Crippen molar-refractivity contribution < 1.29 is 20.1 Å². The number of nitrogens with zero attached hydrogens (tertiary/aromatic N) is 4. The number of hydrogen-bond donors (Lipinski definition) is 4. The molecule has 0 aromatic carbocycles. The van der Waals surface area contributed by atoms with Crippen molar-refractivity contribution in [3.05, 3.63) is 12.7 Å². The van der Waals surface area contributed by atoms with Crippen LogP contribution in [0.3, 0.4) is 0 Å². The first-order valence-corrected chi connectivity index (χ1v) is 7.83. The van der Waals surface area contributed by atoms with Crippen molar-refractivity contribution in [2.45, 2.75) is 24.9 Å². The van der Waals surface area contributed by atoms with E-state index in [2.05, 4.69) is 19.7 Å². The first-order valence-electron chi connectivity index (χ1n) is 6.85. The summed E-state index contributed by atoms with van der Waals surface area (Å²) in [6.45, 7) is -0.0786. The summed E-state index contributed by atoms with van der Waals surface area (Å²) >= 11 is 1.31. The second-order valence-electron chi connectivity index (χ2n) is 4.85. The molecule has 9 nitrogen and oxygen atoms in total. The fourth-order valence-corrected chi connectivity index (χ4v) is 2.86. The molecule has 0 aliphatic carbocycles. The van der Waals surface area contributed by atoms with E-state index in [9.17, 15) is 5.11 Å². The molecule has 1 fully saturated rings. The first-order chi connectivity index (χ1) is 10.7. The Balaban J connectivity index is 1.87. The van der Waals surface area contributed by atoms with Crippen LogP contribution in [0, 0.1) is 0 Å². The van der Waals surface area contributed by atoms with E-state index in [0.717, 1.165) is 0 Å². The highest BCUT2D eigenvalue weighted by Crippen LogP contribution is 2.31. The average Bonchev–Trinajstić information content (AvgIpc) is 3.11. The number of ether oxygens (including phenoxy) is 1. The maximum absolute atomic E-state index is 10.1. The van der Waals surface area contributed by atoms with E-state index < -0.39 is 18.4 Å². The molecular weight excluding hydrogens is 310 g/mol. The van der Waals surface area contributed by atoms with E-state index in [4.69, 9.17) is 14.9 Å². The van der Waals surface area contributed by atoms with E-state index in [1.807, 2.05) is 0 Å². The van der Waals surface area contributed by atoms with Crippen molar-refractivity contribution >= 4 is 28.9 Å². The predicted molar refractivity (Wildman–Crippen MR) is 80.1 cm³/mol. The summed E-state index contributed by atoms with van der Waals surface area (Å²) in [4.78, 5) is 12.6. The molecule has 22 heavy (non-hydrogen) atoms. The summed E-state index contributed by atoms with van der Waals surface area (Å²) in [6.07, 6.45) is 1.54. The lowest BCUT2D eigenvalue weighted by molar-refractivity contribution is -0.0486. The largest absolute Gasteiger partial charge is 0.395 e. The number of hydrogen-bond acceptors (Lipinski definition) is 9. The summed E-state index contributed by atoms with van der Waals surface area (Å²) in [5, 5.41) is 28.1. The zero-order valence-corrected chi connectivity index (χ0v) is 12.5. The van der Waals surface area contributed by atoms with Crippen LogP contribution < -0.4 is 4.72 Å². The second kappa shape index (κ2) is 6.75. The number of anilines is 1. The smallest absolute Gasteiger partial charge is 0.167 e. The molecule has 0 saturated carbocycles. The normalized spacial score (nSPS) is 25.0. The Labute approximate surface area is 130 Å². The summed E-state index contributed by atoms with van der Waals surface area (Å²) in [7, 11) is 0. The van der Waals surface area contributed by atoms with Crippen molar-refractivity contribution in [2.75, 3.05) is 23.7 Å². The molecule has 0 bridgehead atoms. The number of aliphatic hydroxyl groups is 3. The lowest BCUT2D eigenvalue weighted by Crippen LogP contribution is -2.19. The number of nitrogens with one attached hydrogen (secondary N) is 1. The van der Waals surface area contributed by atoms with Crippen molar-refractivity contribution in [2.24, 2.45) is 0 Å². The first kappa shape index (κ1) is 15.4. The highest BCUT2D eigenvalue weighted by atomic mass is 32.2. The van der Waals surface area contributed by atoms with Crippen LogP contribution in [0.4, 0.5) is 5.82 Å². The van der Waals surface area contributed by atoms with Crippen LogP contribution in [-0.2, 0) is 4.74 Å². The molecule has 4 N–H and O–H groups in total. The third-order valence-electron chi connectivity index (χ3n) is 3.36. The van der Waals surface area contributed by atoms with Crippen LogP contribution in [0.25, 0.3) is 11.2 Å². The number of imidazole rings is 1. The predicted octanol–water partition coefficient (Wildman–Crippen LogP) is -0.481. The zero-order valence-electron chi connectivity index (χ0n) is 11.7. The molecular formula is C12H17N5O4S. The molecule has 2 aromatic rings. The Morgan fingerprint density at radius 2 is 2.23 bits per heavy atom. The number of aliphatic hydroxyl groups excluding tert-OH is 3. The van der Waals surface area contributed by atoms with Crippen molar-refractivity contribution in [3.63, 3.8) is 0 Å². The Kier molecular flexibility index (Phi) is 4.74. The fraction of sp³-hybridized carbons (Fsp3) is 0.583. The highest BCUT2D eigenvalue weighted by molar-refractivity contribution is 8.00. The van der Waals surface area contributed by atoms with Gasteiger partial charge >= 0.3 is 0 Å². The van der Waals surface area contributed by atoms with Gasteiger partial charge in [-0.25, -0.2) is 15.0 Å². The van der Waals surface area contributed by atoms with Crippen LogP contribution in [-0.4, -0.2) is 66.0 Å². The molecule has 3 rings (SSSR count). The Morgan fingerprint density at radius 3 is 2.95 bits per heavy atom. The van der Waals surface area contributed by atoms with Crippen LogP contribution in [0.15, 0.2) is 12.7 Å². The minimum absolute atomic E-state index is 0.0605. The van der Waals surface area contributed by atoms with E-state index in [1.165, 1.54) is 24.6 Å². The number of aromatic nitrogens is 4. The Bertz CT molecular complexity index is 639. The van der Waals surface area contributed by atoms with Crippen LogP contribution in [0.5, 0.6) is 0 Å². The molecule has 0 radical (unpaired) electrons. The topological polar surface area (TPSA) is 126 Å². The maximum atomic E-state index is 10.1. The molecule has 3 heterocycles. The van der Waals surface area contributed by atoms with Crippen LogP contribution in [0.1, 0.15) is 12.6 Å². The highest BCUT2D eigenvalue weighted by Gasteiger charge is 2.35. The molecule has 0 unspecified atom stereocenters. The van der Waals surface area contributed by atoms with Gasteiger partial charge in [0.2, 0.25) is 0 Å². The van der Waals surface area contributed by atoms with Gasteiger partial charge in [-0.05, 0) is 11.9 Å². The van der Waals surface area contributed by atoms with Gasteiger partial charge in [0.1, 0.15) is 12.4 Å². The molecule has 3 atom stereocenters. The third-order valence-corrected chi connectivity index (χ3v) is 4.09. The molecule has 1 aliphatic heterocycles. The Morgan fingerprint density at radius 1 is 1.36 bits per heavy atom. The molecule has 1 aliphatic rings. The van der Waals surface area contributed by atoms with E-state index >= 15 is 0 Å². The molecule has 0 spiro atoms. The quantitative estimate of drug-likeness (QED) is 0.411. The minimum Gasteiger partial charge on any atom is -0.395 e. The van der Waals surface area contributed by atoms with Gasteiger partial charge in [0.25, 0.3) is 0 Å². The van der Waals surface area contributed by atoms with Crippen molar-refractivity contribution in [1.29, 1.82) is 0 Å². The molecule has 2 aromatic heterocycles. The third kappa shape index (κ3) is 2.88. The van der Waals surface area contributed by atoms with Gasteiger partial charge in [0.05, 0.1) is 25.6 Å². The zero-order chi connectivity index (χ0) is 15.5. The average molecular weight is 327 g/mol. The second-order valence-corrected chi connectivity index (χ2v) is 5.76. The summed E-state index contributed by atoms with van der Waals surface area (Å²) in [5.74, 6) is 1.06. The monoisotopic (exact) mass is 327 g/mol. The summed E-state index contributed by atoms with van der Waals surface area (Å²) < 4.78 is 10.3. The number of rotatable bonds is 6. The van der Waals surface area contributed by atoms with Gasteiger partial charge in [0, 0.05) is 12.2 Å². The van der Waals surface area contributed by atoms with Gasteiger partial charge in [-0.15, -0.1) is 0 Å². The SMILES string of the molecule is OCCSNc1ncnc2c1ncn2[C@@H]1O[C@H](CO)C[C@H]1O. The Hall–Kier alpha value is -1.46. The molecule has 10 heteroatoms. The molecule has 1 saturated heterocycles. The van der Waals surface area contributed by atoms with Crippen LogP contribution in [0.2, 0.25) is 0 Å². The van der Waals surface area contributed by atoms with Crippen molar-refractivity contribution in [3.8, 4) is 0 Å². The van der Waals surface area contributed by atoms with Gasteiger partial charge in [-0.2, -0.15) is 0 Å². The maximum Gasteiger partial charge on any atom is 0.167 e. The summed E-state index contributed by atoms with van der Waals surface area (Å²) in [5.41, 5.74) is 1.08. The van der Waals surface area contributed by atoms with Crippen LogP contribution >= 0.6 is 11.9 Å². The molecule has 120 valence electrons. The number of fused-ring (bicyclic) bond motifs is 1. The van der Waals surface area contributed by atoms with E-state index in [0.29, 0.717) is 29.2 Å². The van der Waals surface area contributed by atoms with Gasteiger partial charge in [-0.1, -0.05) is 0 Å². The lowest BCUT2D eigenvalue weighted by Gasteiger charge is -2.16. The van der Waals surface area contributed by atoms with E-state index in [-0.39, 0.29) is 13.2 Å². The standard InChI is InChI=1S/C12H17N5O4S/c18-1-2-22-16-10-9-11(14-5-13-10)17(6-15-9)12-8(20)3-7(4-19)21-12/h5-8,12,18-20H,1-4H2,(H,13,14,16)/t7-,8+,12+/m0/s1. The molecule has 0 amide bonds. The van der Waals surface area contributed by atoms with E-state index in [1.54, 1.807) is 4.57 Å². The lowest BCUT2D eigenvalue weighted by atomic mass is 10.2.